The smallest absolute Gasteiger partial charge is 0.306 e. The fraction of sp³-hybridized carbons (Fsp3) is 0.385. The number of hydrogen-bond acceptors (Lipinski definition) is 2. The average molecular weight is 302 g/mol. The molecule has 0 bridgehead atoms. The topological polar surface area (TPSA) is 66.4 Å². The van der Waals surface area contributed by atoms with Crippen LogP contribution in [0.2, 0.25) is 10.0 Å². The van der Waals surface area contributed by atoms with E-state index in [1.165, 1.54) is 6.07 Å². The molecule has 19 heavy (non-hydrogen) atoms. The van der Waals surface area contributed by atoms with Crippen molar-refractivity contribution < 1.29 is 14.7 Å². The third kappa shape index (κ3) is 3.39. The Balaban J connectivity index is 2.00. The zero-order valence-corrected chi connectivity index (χ0v) is 11.5. The molecule has 2 unspecified atom stereocenters. The highest BCUT2D eigenvalue weighted by atomic mass is 35.5. The Bertz CT molecular complexity index is 519. The molecule has 1 aromatic carbocycles. The van der Waals surface area contributed by atoms with E-state index in [1.54, 1.807) is 12.1 Å². The summed E-state index contributed by atoms with van der Waals surface area (Å²) in [4.78, 5) is 22.9. The van der Waals surface area contributed by atoms with Gasteiger partial charge in [-0.2, -0.15) is 0 Å². The molecule has 1 aliphatic rings. The van der Waals surface area contributed by atoms with Crippen LogP contribution < -0.4 is 5.32 Å². The van der Waals surface area contributed by atoms with Crippen LogP contribution in [0, 0.1) is 5.92 Å². The normalized spacial score (nSPS) is 22.2. The number of carboxylic acids is 1. The lowest BCUT2D eigenvalue weighted by Gasteiger charge is -2.13. The summed E-state index contributed by atoms with van der Waals surface area (Å²) in [5.74, 6) is -1.47. The van der Waals surface area contributed by atoms with Crippen molar-refractivity contribution in [2.45, 2.75) is 25.3 Å². The second-order valence-electron chi connectivity index (χ2n) is 4.64. The number of carbonyl (C=O) groups is 2. The van der Waals surface area contributed by atoms with Gasteiger partial charge in [0.05, 0.1) is 16.5 Å². The van der Waals surface area contributed by atoms with Gasteiger partial charge in [-0.15, -0.1) is 0 Å². The van der Waals surface area contributed by atoms with E-state index in [4.69, 9.17) is 28.3 Å². The Kier molecular flexibility index (Phi) is 4.32. The lowest BCUT2D eigenvalue weighted by Crippen LogP contribution is -2.33. The molecule has 4 nitrogen and oxygen atoms in total. The van der Waals surface area contributed by atoms with Crippen LogP contribution in [0.15, 0.2) is 18.2 Å². The Morgan fingerprint density at radius 3 is 2.58 bits per heavy atom. The van der Waals surface area contributed by atoms with E-state index in [0.717, 1.165) is 0 Å². The molecule has 1 amide bonds. The standard InChI is InChI=1S/C13H13Cl2NO3/c14-8-2-4-10(11(15)6-8)12(17)16-9-3-1-7(5-9)13(18)19/h2,4,6-7,9H,1,3,5H2,(H,16,17)(H,18,19). The second kappa shape index (κ2) is 5.80. The van der Waals surface area contributed by atoms with E-state index in [-0.39, 0.29) is 22.9 Å². The molecular formula is C13H13Cl2NO3. The van der Waals surface area contributed by atoms with Crippen molar-refractivity contribution >= 4 is 35.1 Å². The molecule has 0 radical (unpaired) electrons. The van der Waals surface area contributed by atoms with Crippen LogP contribution in [0.1, 0.15) is 29.6 Å². The van der Waals surface area contributed by atoms with Gasteiger partial charge in [0.2, 0.25) is 0 Å². The predicted molar refractivity (Wildman–Crippen MR) is 72.7 cm³/mol. The highest BCUT2D eigenvalue weighted by Gasteiger charge is 2.30. The minimum absolute atomic E-state index is 0.111. The molecule has 0 spiro atoms. The van der Waals surface area contributed by atoms with Gasteiger partial charge in [0.1, 0.15) is 0 Å². The van der Waals surface area contributed by atoms with Crippen LogP contribution in [0.5, 0.6) is 0 Å². The molecule has 1 aromatic rings. The van der Waals surface area contributed by atoms with E-state index in [9.17, 15) is 9.59 Å². The molecule has 0 aliphatic heterocycles. The van der Waals surface area contributed by atoms with Crippen LogP contribution in [0.3, 0.4) is 0 Å². The van der Waals surface area contributed by atoms with Gasteiger partial charge in [0.15, 0.2) is 0 Å². The maximum Gasteiger partial charge on any atom is 0.306 e. The second-order valence-corrected chi connectivity index (χ2v) is 5.49. The number of rotatable bonds is 3. The minimum Gasteiger partial charge on any atom is -0.481 e. The highest BCUT2D eigenvalue weighted by Crippen LogP contribution is 2.27. The van der Waals surface area contributed by atoms with Crippen molar-refractivity contribution in [1.29, 1.82) is 0 Å². The Morgan fingerprint density at radius 2 is 2.00 bits per heavy atom. The third-order valence-electron chi connectivity index (χ3n) is 3.29. The molecular weight excluding hydrogens is 289 g/mol. The van der Waals surface area contributed by atoms with Crippen molar-refractivity contribution in [2.75, 3.05) is 0 Å². The maximum atomic E-state index is 12.0. The zero-order chi connectivity index (χ0) is 14.0. The predicted octanol–water partition coefficient (Wildman–Crippen LogP) is 2.98. The largest absolute Gasteiger partial charge is 0.481 e. The first-order valence-corrected chi connectivity index (χ1v) is 6.71. The summed E-state index contributed by atoms with van der Waals surface area (Å²) in [5.41, 5.74) is 0.352. The van der Waals surface area contributed by atoms with Crippen LogP contribution in [0.4, 0.5) is 0 Å². The van der Waals surface area contributed by atoms with Crippen LogP contribution in [-0.4, -0.2) is 23.0 Å². The van der Waals surface area contributed by atoms with Gasteiger partial charge < -0.3 is 10.4 Å². The molecule has 1 fully saturated rings. The zero-order valence-electron chi connectivity index (χ0n) is 10.0. The number of carboxylic acid groups (broad SMARTS) is 1. The molecule has 2 atom stereocenters. The quantitative estimate of drug-likeness (QED) is 0.902. The number of hydrogen-bond donors (Lipinski definition) is 2. The van der Waals surface area contributed by atoms with Crippen molar-refractivity contribution in [3.8, 4) is 0 Å². The first kappa shape index (κ1) is 14.2. The van der Waals surface area contributed by atoms with Crippen molar-refractivity contribution in [2.24, 2.45) is 5.92 Å². The molecule has 2 rings (SSSR count). The minimum atomic E-state index is -0.804. The number of carbonyl (C=O) groups excluding carboxylic acids is 1. The van der Waals surface area contributed by atoms with Crippen LogP contribution >= 0.6 is 23.2 Å². The number of aliphatic carboxylic acids is 1. The Hall–Kier alpha value is -1.26. The Labute approximate surface area is 120 Å². The molecule has 1 aliphatic carbocycles. The van der Waals surface area contributed by atoms with E-state index in [1.807, 2.05) is 0 Å². The first-order valence-electron chi connectivity index (χ1n) is 5.96. The van der Waals surface area contributed by atoms with E-state index >= 15 is 0 Å². The summed E-state index contributed by atoms with van der Waals surface area (Å²) in [6, 6.07) is 4.55. The molecule has 6 heteroatoms. The molecule has 0 heterocycles. The first-order chi connectivity index (χ1) is 8.97. The Morgan fingerprint density at radius 1 is 1.26 bits per heavy atom. The number of halogens is 2. The van der Waals surface area contributed by atoms with Crippen molar-refractivity contribution in [1.82, 2.24) is 5.32 Å². The third-order valence-corrected chi connectivity index (χ3v) is 3.84. The molecule has 2 N–H and O–H groups in total. The summed E-state index contributed by atoms with van der Waals surface area (Å²) < 4.78 is 0. The van der Waals surface area contributed by atoms with Gasteiger partial charge >= 0.3 is 5.97 Å². The SMILES string of the molecule is O=C(NC1CCC(C(=O)O)C1)c1ccc(Cl)cc1Cl. The number of amides is 1. The van der Waals surface area contributed by atoms with E-state index in [2.05, 4.69) is 5.32 Å². The van der Waals surface area contributed by atoms with Crippen LogP contribution in [0.25, 0.3) is 0 Å². The number of nitrogens with one attached hydrogen (secondary N) is 1. The highest BCUT2D eigenvalue weighted by molar-refractivity contribution is 6.36. The van der Waals surface area contributed by atoms with Gasteiger partial charge in [0.25, 0.3) is 5.91 Å². The lowest BCUT2D eigenvalue weighted by atomic mass is 10.1. The van der Waals surface area contributed by atoms with Gasteiger partial charge in [0, 0.05) is 11.1 Å². The summed E-state index contributed by atoms with van der Waals surface area (Å²) in [5, 5.41) is 12.5. The molecule has 102 valence electrons. The fourth-order valence-electron chi connectivity index (χ4n) is 2.27. The van der Waals surface area contributed by atoms with Gasteiger partial charge in [-0.25, -0.2) is 0 Å². The molecule has 0 aromatic heterocycles. The summed E-state index contributed by atoms with van der Waals surface area (Å²) in [6.45, 7) is 0. The van der Waals surface area contributed by atoms with Crippen LogP contribution in [-0.2, 0) is 4.79 Å². The van der Waals surface area contributed by atoms with Crippen molar-refractivity contribution in [3.05, 3.63) is 33.8 Å². The molecule has 0 saturated heterocycles. The van der Waals surface area contributed by atoms with E-state index < -0.39 is 5.97 Å². The molecule has 1 saturated carbocycles. The fourth-order valence-corrected chi connectivity index (χ4v) is 2.77. The lowest BCUT2D eigenvalue weighted by molar-refractivity contribution is -0.141. The maximum absolute atomic E-state index is 12.0. The van der Waals surface area contributed by atoms with Gasteiger partial charge in [-0.3, -0.25) is 9.59 Å². The van der Waals surface area contributed by atoms with Gasteiger partial charge in [-0.05, 0) is 37.5 Å². The van der Waals surface area contributed by atoms with E-state index in [0.29, 0.717) is 29.8 Å². The summed E-state index contributed by atoms with van der Waals surface area (Å²) >= 11 is 11.7. The monoisotopic (exact) mass is 301 g/mol. The van der Waals surface area contributed by atoms with Crippen molar-refractivity contribution in [3.63, 3.8) is 0 Å². The number of benzene rings is 1. The van der Waals surface area contributed by atoms with Gasteiger partial charge in [-0.1, -0.05) is 23.2 Å². The summed E-state index contributed by atoms with van der Waals surface area (Å²) in [6.07, 6.45) is 1.73. The average Bonchev–Trinajstić information content (AvgIpc) is 2.77. The summed E-state index contributed by atoms with van der Waals surface area (Å²) in [7, 11) is 0.